The highest BCUT2D eigenvalue weighted by Crippen LogP contribution is 2.25. The highest BCUT2D eigenvalue weighted by molar-refractivity contribution is 6.31. The zero-order valence-corrected chi connectivity index (χ0v) is 10.3. The number of hydrogen-bond donors (Lipinski definition) is 1. The van der Waals surface area contributed by atoms with Crippen LogP contribution in [-0.4, -0.2) is 5.60 Å². The molecule has 0 fully saturated rings. The summed E-state index contributed by atoms with van der Waals surface area (Å²) in [5, 5.41) is 0.668. The molecule has 0 saturated carbocycles. The molecule has 0 saturated heterocycles. The lowest BCUT2D eigenvalue weighted by Crippen LogP contribution is -2.23. The fourth-order valence-electron chi connectivity index (χ4n) is 1.10. The standard InChI is InChI=1S/C12H18ClNO/c1-4-12(2,3)15-8-9-10(13)6-5-7-11(9)14/h5-7H,4,8,14H2,1-3H3. The van der Waals surface area contributed by atoms with Crippen LogP contribution in [0.2, 0.25) is 5.02 Å². The molecule has 0 unspecified atom stereocenters. The van der Waals surface area contributed by atoms with E-state index in [0.717, 1.165) is 12.0 Å². The maximum atomic E-state index is 6.04. The minimum Gasteiger partial charge on any atom is -0.398 e. The quantitative estimate of drug-likeness (QED) is 0.798. The maximum Gasteiger partial charge on any atom is 0.0758 e. The monoisotopic (exact) mass is 227 g/mol. The van der Waals surface area contributed by atoms with E-state index >= 15 is 0 Å². The van der Waals surface area contributed by atoms with Crippen LogP contribution >= 0.6 is 11.6 Å². The Bertz CT molecular complexity index is 316. The third kappa shape index (κ3) is 3.40. The topological polar surface area (TPSA) is 35.2 Å². The van der Waals surface area contributed by atoms with E-state index in [-0.39, 0.29) is 5.60 Å². The van der Waals surface area contributed by atoms with Gasteiger partial charge in [0.15, 0.2) is 0 Å². The highest BCUT2D eigenvalue weighted by Gasteiger charge is 2.16. The molecule has 0 radical (unpaired) electrons. The smallest absolute Gasteiger partial charge is 0.0758 e. The first-order valence-corrected chi connectivity index (χ1v) is 5.51. The number of halogens is 1. The Hall–Kier alpha value is -0.730. The van der Waals surface area contributed by atoms with Crippen LogP contribution in [0.25, 0.3) is 0 Å². The van der Waals surface area contributed by atoms with Gasteiger partial charge in [0.2, 0.25) is 0 Å². The molecule has 0 aliphatic heterocycles. The van der Waals surface area contributed by atoms with Gasteiger partial charge in [-0.3, -0.25) is 0 Å². The predicted molar refractivity (Wildman–Crippen MR) is 65.0 cm³/mol. The summed E-state index contributed by atoms with van der Waals surface area (Å²) in [6.45, 7) is 6.67. The van der Waals surface area contributed by atoms with Crippen molar-refractivity contribution in [3.05, 3.63) is 28.8 Å². The van der Waals surface area contributed by atoms with E-state index in [0.29, 0.717) is 17.3 Å². The fraction of sp³-hybridized carbons (Fsp3) is 0.500. The molecule has 3 heteroatoms. The van der Waals surface area contributed by atoms with Crippen LogP contribution in [0, 0.1) is 0 Å². The van der Waals surface area contributed by atoms with Crippen LogP contribution in [0.5, 0.6) is 0 Å². The van der Waals surface area contributed by atoms with Crippen molar-refractivity contribution in [3.8, 4) is 0 Å². The molecule has 2 N–H and O–H groups in total. The summed E-state index contributed by atoms with van der Waals surface area (Å²) in [5.41, 5.74) is 7.26. The van der Waals surface area contributed by atoms with Crippen LogP contribution < -0.4 is 5.73 Å². The van der Waals surface area contributed by atoms with Gasteiger partial charge in [-0.25, -0.2) is 0 Å². The molecule has 0 aromatic heterocycles. The zero-order valence-electron chi connectivity index (χ0n) is 9.51. The second-order valence-electron chi connectivity index (χ2n) is 4.21. The highest BCUT2D eigenvalue weighted by atomic mass is 35.5. The second kappa shape index (κ2) is 4.86. The van der Waals surface area contributed by atoms with Gasteiger partial charge < -0.3 is 10.5 Å². The lowest BCUT2D eigenvalue weighted by Gasteiger charge is -2.24. The molecular weight excluding hydrogens is 210 g/mol. The van der Waals surface area contributed by atoms with E-state index in [4.69, 9.17) is 22.1 Å². The molecule has 2 nitrogen and oxygen atoms in total. The van der Waals surface area contributed by atoms with E-state index in [2.05, 4.69) is 20.8 Å². The Kier molecular flexibility index (Phi) is 4.00. The van der Waals surface area contributed by atoms with Gasteiger partial charge in [-0.2, -0.15) is 0 Å². The van der Waals surface area contributed by atoms with Crippen molar-refractivity contribution in [2.24, 2.45) is 0 Å². The molecule has 0 heterocycles. The number of benzene rings is 1. The SMILES string of the molecule is CCC(C)(C)OCc1c(N)cccc1Cl. The van der Waals surface area contributed by atoms with Gasteiger partial charge >= 0.3 is 0 Å². The van der Waals surface area contributed by atoms with Gasteiger partial charge in [-0.15, -0.1) is 0 Å². The average molecular weight is 228 g/mol. The van der Waals surface area contributed by atoms with Crippen molar-refractivity contribution < 1.29 is 4.74 Å². The Morgan fingerprint density at radius 3 is 2.60 bits per heavy atom. The molecule has 0 spiro atoms. The molecule has 1 aromatic carbocycles. The molecular formula is C12H18ClNO. The number of nitrogen functional groups attached to an aromatic ring is 1. The zero-order chi connectivity index (χ0) is 11.5. The molecule has 1 rings (SSSR count). The normalized spacial score (nSPS) is 11.7. The number of hydrogen-bond acceptors (Lipinski definition) is 2. The summed E-state index contributed by atoms with van der Waals surface area (Å²) >= 11 is 6.04. The summed E-state index contributed by atoms with van der Waals surface area (Å²) in [6, 6.07) is 5.51. The number of nitrogens with two attached hydrogens (primary N) is 1. The summed E-state index contributed by atoms with van der Waals surface area (Å²) in [6.07, 6.45) is 0.956. The lowest BCUT2D eigenvalue weighted by atomic mass is 10.1. The number of anilines is 1. The van der Waals surface area contributed by atoms with Crippen molar-refractivity contribution in [3.63, 3.8) is 0 Å². The van der Waals surface area contributed by atoms with E-state index in [1.807, 2.05) is 18.2 Å². The first kappa shape index (κ1) is 12.3. The van der Waals surface area contributed by atoms with Gasteiger partial charge in [0.1, 0.15) is 0 Å². The Morgan fingerprint density at radius 2 is 2.07 bits per heavy atom. The molecule has 0 bridgehead atoms. The van der Waals surface area contributed by atoms with Crippen LogP contribution in [0.1, 0.15) is 32.8 Å². The number of rotatable bonds is 4. The summed E-state index contributed by atoms with van der Waals surface area (Å²) in [5.74, 6) is 0. The van der Waals surface area contributed by atoms with Crippen molar-refractivity contribution >= 4 is 17.3 Å². The van der Waals surface area contributed by atoms with Crippen molar-refractivity contribution in [1.82, 2.24) is 0 Å². The van der Waals surface area contributed by atoms with E-state index in [1.54, 1.807) is 0 Å². The maximum absolute atomic E-state index is 6.04. The molecule has 0 aliphatic carbocycles. The molecule has 0 aliphatic rings. The predicted octanol–water partition coefficient (Wildman–Crippen LogP) is 3.63. The van der Waals surface area contributed by atoms with Gasteiger partial charge in [0, 0.05) is 16.3 Å². The Balaban J connectivity index is 2.73. The third-order valence-electron chi connectivity index (χ3n) is 2.61. The third-order valence-corrected chi connectivity index (χ3v) is 2.97. The molecule has 15 heavy (non-hydrogen) atoms. The first-order valence-electron chi connectivity index (χ1n) is 5.13. The van der Waals surface area contributed by atoms with E-state index in [9.17, 15) is 0 Å². The second-order valence-corrected chi connectivity index (χ2v) is 4.62. The Labute approximate surface area is 96.4 Å². The lowest BCUT2D eigenvalue weighted by molar-refractivity contribution is -0.0313. The molecule has 84 valence electrons. The Morgan fingerprint density at radius 1 is 1.40 bits per heavy atom. The van der Waals surface area contributed by atoms with Crippen LogP contribution in [0.4, 0.5) is 5.69 Å². The first-order chi connectivity index (χ1) is 6.96. The largest absolute Gasteiger partial charge is 0.398 e. The minimum absolute atomic E-state index is 0.133. The van der Waals surface area contributed by atoms with Gasteiger partial charge in [-0.05, 0) is 32.4 Å². The van der Waals surface area contributed by atoms with Gasteiger partial charge in [0.05, 0.1) is 12.2 Å². The van der Waals surface area contributed by atoms with Crippen LogP contribution in [0.15, 0.2) is 18.2 Å². The van der Waals surface area contributed by atoms with Gasteiger partial charge in [0.25, 0.3) is 0 Å². The summed E-state index contributed by atoms with van der Waals surface area (Å²) in [4.78, 5) is 0. The van der Waals surface area contributed by atoms with E-state index < -0.39 is 0 Å². The summed E-state index contributed by atoms with van der Waals surface area (Å²) < 4.78 is 5.76. The molecule has 0 amide bonds. The number of ether oxygens (including phenoxy) is 1. The average Bonchev–Trinajstić information content (AvgIpc) is 2.17. The van der Waals surface area contributed by atoms with Crippen molar-refractivity contribution in [2.45, 2.75) is 39.4 Å². The van der Waals surface area contributed by atoms with Crippen LogP contribution in [0.3, 0.4) is 0 Å². The minimum atomic E-state index is -0.133. The van der Waals surface area contributed by atoms with Crippen molar-refractivity contribution in [2.75, 3.05) is 5.73 Å². The van der Waals surface area contributed by atoms with E-state index in [1.165, 1.54) is 0 Å². The molecule has 0 atom stereocenters. The summed E-state index contributed by atoms with van der Waals surface area (Å²) in [7, 11) is 0. The fourth-order valence-corrected chi connectivity index (χ4v) is 1.33. The molecule has 1 aromatic rings. The van der Waals surface area contributed by atoms with Crippen LogP contribution in [-0.2, 0) is 11.3 Å². The van der Waals surface area contributed by atoms with Gasteiger partial charge in [-0.1, -0.05) is 24.6 Å². The van der Waals surface area contributed by atoms with Crippen molar-refractivity contribution in [1.29, 1.82) is 0 Å².